The number of amides is 1. The Labute approximate surface area is 245 Å². The molecule has 0 aliphatic rings. The van der Waals surface area contributed by atoms with Crippen LogP contribution in [0.25, 0.3) is 10.8 Å². The minimum atomic E-state index is -4.07. The maximum absolute atomic E-state index is 13.6. The summed E-state index contributed by atoms with van der Waals surface area (Å²) >= 11 is 0. The number of hydrogen-bond donors (Lipinski definition) is 2. The molecule has 0 aliphatic heterocycles. The highest BCUT2D eigenvalue weighted by Crippen LogP contribution is 2.29. The molecule has 0 fully saturated rings. The van der Waals surface area contributed by atoms with Crippen LogP contribution >= 0.6 is 0 Å². The number of aryl methyl sites for hydroxylation is 2. The first-order valence-corrected chi connectivity index (χ1v) is 16.0. The van der Waals surface area contributed by atoms with Gasteiger partial charge in [-0.25, -0.2) is 16.8 Å². The van der Waals surface area contributed by atoms with E-state index >= 15 is 0 Å². The van der Waals surface area contributed by atoms with E-state index in [-0.39, 0.29) is 9.79 Å². The second kappa shape index (κ2) is 11.7. The van der Waals surface area contributed by atoms with E-state index in [4.69, 9.17) is 0 Å². The average molecular weight is 600 g/mol. The lowest BCUT2D eigenvalue weighted by Crippen LogP contribution is -2.38. The summed E-state index contributed by atoms with van der Waals surface area (Å²) in [5, 5.41) is 4.36. The van der Waals surface area contributed by atoms with Crippen LogP contribution in [0.4, 0.5) is 17.1 Å². The predicted octanol–water partition coefficient (Wildman–Crippen LogP) is 6.09. The van der Waals surface area contributed by atoms with Crippen molar-refractivity contribution >= 4 is 53.8 Å². The molecule has 0 unspecified atom stereocenters. The molecule has 0 saturated heterocycles. The molecule has 5 aromatic rings. The summed E-state index contributed by atoms with van der Waals surface area (Å²) in [5.74, 6) is -0.583. The molecule has 0 bridgehead atoms. The zero-order valence-electron chi connectivity index (χ0n) is 23.0. The van der Waals surface area contributed by atoms with Gasteiger partial charge in [0, 0.05) is 11.1 Å². The van der Waals surface area contributed by atoms with Crippen molar-refractivity contribution in [3.05, 3.63) is 126 Å². The fourth-order valence-corrected chi connectivity index (χ4v) is 7.15. The van der Waals surface area contributed by atoms with Gasteiger partial charge in [0.1, 0.15) is 6.54 Å². The second-order valence-corrected chi connectivity index (χ2v) is 13.4. The third kappa shape index (κ3) is 6.14. The van der Waals surface area contributed by atoms with E-state index < -0.39 is 32.5 Å². The molecule has 0 atom stereocenters. The molecule has 10 heteroatoms. The van der Waals surface area contributed by atoms with Crippen molar-refractivity contribution in [1.29, 1.82) is 0 Å². The molecule has 0 saturated carbocycles. The molecule has 1 amide bonds. The molecule has 0 radical (unpaired) electrons. The summed E-state index contributed by atoms with van der Waals surface area (Å²) in [6, 6.07) is 31.9. The van der Waals surface area contributed by atoms with Crippen LogP contribution in [0.5, 0.6) is 0 Å². The van der Waals surface area contributed by atoms with Crippen LogP contribution in [-0.2, 0) is 24.8 Å². The van der Waals surface area contributed by atoms with Gasteiger partial charge in [-0.3, -0.25) is 13.8 Å². The van der Waals surface area contributed by atoms with Crippen LogP contribution in [-0.4, -0.2) is 29.3 Å². The van der Waals surface area contributed by atoms with Gasteiger partial charge in [-0.2, -0.15) is 0 Å². The van der Waals surface area contributed by atoms with Crippen LogP contribution < -0.4 is 14.3 Å². The quantitative estimate of drug-likeness (QED) is 0.213. The van der Waals surface area contributed by atoms with Gasteiger partial charge in [0.2, 0.25) is 5.91 Å². The van der Waals surface area contributed by atoms with Gasteiger partial charge in [0.25, 0.3) is 20.0 Å². The second-order valence-electron chi connectivity index (χ2n) is 9.82. The molecule has 214 valence electrons. The molecule has 5 aromatic carbocycles. The maximum atomic E-state index is 13.6. The summed E-state index contributed by atoms with van der Waals surface area (Å²) in [5.41, 5.74) is 2.72. The van der Waals surface area contributed by atoms with Crippen LogP contribution in [0.15, 0.2) is 125 Å². The van der Waals surface area contributed by atoms with Crippen LogP contribution in [0.1, 0.15) is 11.1 Å². The molecule has 8 nitrogen and oxygen atoms in total. The Bertz CT molecular complexity index is 1970. The summed E-state index contributed by atoms with van der Waals surface area (Å²) in [4.78, 5) is 13.2. The monoisotopic (exact) mass is 599 g/mol. The van der Waals surface area contributed by atoms with Crippen molar-refractivity contribution in [3.8, 4) is 0 Å². The highest BCUT2D eigenvalue weighted by Gasteiger charge is 2.28. The van der Waals surface area contributed by atoms with E-state index in [1.54, 1.807) is 43.3 Å². The van der Waals surface area contributed by atoms with Crippen molar-refractivity contribution in [3.63, 3.8) is 0 Å². The zero-order valence-corrected chi connectivity index (χ0v) is 24.6. The Balaban J connectivity index is 1.36. The maximum Gasteiger partial charge on any atom is 0.264 e. The van der Waals surface area contributed by atoms with Crippen molar-refractivity contribution < 1.29 is 21.6 Å². The number of nitrogens with zero attached hydrogens (tertiary/aromatic N) is 1. The van der Waals surface area contributed by atoms with Gasteiger partial charge < -0.3 is 5.32 Å². The Hall–Kier alpha value is -4.67. The Morgan fingerprint density at radius 2 is 1.38 bits per heavy atom. The van der Waals surface area contributed by atoms with E-state index in [1.807, 2.05) is 49.4 Å². The lowest BCUT2D eigenvalue weighted by atomic mass is 10.1. The Morgan fingerprint density at radius 1 is 0.714 bits per heavy atom. The smallest absolute Gasteiger partial charge is 0.264 e. The van der Waals surface area contributed by atoms with Gasteiger partial charge in [0.05, 0.1) is 21.2 Å². The standard InChI is InChI=1S/C32H29N3O5S2/c1-23-15-16-24(2)31(21-23)35(42(39,40)28-11-4-3-5-12-28)22-32(36)33-26-17-19-27(20-18-26)41(37,38)34-30-14-8-10-25-9-6-7-13-29(25)30/h3-21,34H,22H2,1-2H3,(H,33,36). The van der Waals surface area contributed by atoms with E-state index in [1.165, 1.54) is 36.4 Å². The van der Waals surface area contributed by atoms with E-state index in [9.17, 15) is 21.6 Å². The normalized spacial score (nSPS) is 11.7. The minimum absolute atomic E-state index is 0.0112. The van der Waals surface area contributed by atoms with E-state index in [0.717, 1.165) is 20.6 Å². The Morgan fingerprint density at radius 3 is 2.12 bits per heavy atom. The first-order valence-electron chi connectivity index (χ1n) is 13.1. The highest BCUT2D eigenvalue weighted by atomic mass is 32.2. The summed E-state index contributed by atoms with van der Waals surface area (Å²) in [6.45, 7) is 3.15. The van der Waals surface area contributed by atoms with Crippen molar-refractivity contribution in [2.75, 3.05) is 20.9 Å². The van der Waals surface area contributed by atoms with Gasteiger partial charge in [-0.05, 0) is 78.9 Å². The number of fused-ring (bicyclic) bond motifs is 1. The lowest BCUT2D eigenvalue weighted by Gasteiger charge is -2.26. The summed E-state index contributed by atoms with van der Waals surface area (Å²) in [7, 11) is -7.98. The molecular weight excluding hydrogens is 571 g/mol. The number of rotatable bonds is 9. The largest absolute Gasteiger partial charge is 0.325 e. The predicted molar refractivity (Wildman–Crippen MR) is 167 cm³/mol. The fraction of sp³-hybridized carbons (Fsp3) is 0.0938. The summed E-state index contributed by atoms with van der Waals surface area (Å²) in [6.07, 6.45) is 0. The van der Waals surface area contributed by atoms with E-state index in [0.29, 0.717) is 22.6 Å². The SMILES string of the molecule is Cc1ccc(C)c(N(CC(=O)Nc2ccc(S(=O)(=O)Nc3cccc4ccccc34)cc2)S(=O)(=O)c2ccccc2)c1. The third-order valence-corrected chi connectivity index (χ3v) is 9.89. The van der Waals surface area contributed by atoms with Gasteiger partial charge in [-0.1, -0.05) is 66.7 Å². The molecule has 0 heterocycles. The zero-order chi connectivity index (χ0) is 29.9. The van der Waals surface area contributed by atoms with Gasteiger partial charge >= 0.3 is 0 Å². The highest BCUT2D eigenvalue weighted by molar-refractivity contribution is 7.93. The lowest BCUT2D eigenvalue weighted by molar-refractivity contribution is -0.114. The van der Waals surface area contributed by atoms with E-state index in [2.05, 4.69) is 10.0 Å². The van der Waals surface area contributed by atoms with Gasteiger partial charge in [0.15, 0.2) is 0 Å². The number of nitrogens with one attached hydrogen (secondary N) is 2. The number of carbonyl (C=O) groups is 1. The minimum Gasteiger partial charge on any atom is -0.325 e. The number of hydrogen-bond acceptors (Lipinski definition) is 5. The molecule has 2 N–H and O–H groups in total. The molecule has 42 heavy (non-hydrogen) atoms. The molecule has 0 spiro atoms. The van der Waals surface area contributed by atoms with Crippen molar-refractivity contribution in [2.45, 2.75) is 23.6 Å². The first-order chi connectivity index (χ1) is 20.0. The number of anilines is 3. The van der Waals surface area contributed by atoms with Crippen LogP contribution in [0.3, 0.4) is 0 Å². The molecule has 0 aromatic heterocycles. The fourth-order valence-electron chi connectivity index (χ4n) is 4.57. The summed E-state index contributed by atoms with van der Waals surface area (Å²) < 4.78 is 57.2. The third-order valence-electron chi connectivity index (χ3n) is 6.73. The Kier molecular flexibility index (Phi) is 8.02. The molecule has 0 aliphatic carbocycles. The topological polar surface area (TPSA) is 113 Å². The number of benzene rings is 5. The van der Waals surface area contributed by atoms with Gasteiger partial charge in [-0.15, -0.1) is 0 Å². The first kappa shape index (κ1) is 28.8. The van der Waals surface area contributed by atoms with Crippen LogP contribution in [0, 0.1) is 13.8 Å². The molecule has 5 rings (SSSR count). The van der Waals surface area contributed by atoms with Crippen molar-refractivity contribution in [1.82, 2.24) is 0 Å². The van der Waals surface area contributed by atoms with Crippen LogP contribution in [0.2, 0.25) is 0 Å². The van der Waals surface area contributed by atoms with Crippen molar-refractivity contribution in [2.24, 2.45) is 0 Å². The molecular formula is C32H29N3O5S2. The average Bonchev–Trinajstić information content (AvgIpc) is 2.98. The number of carbonyl (C=O) groups excluding carboxylic acids is 1. The number of sulfonamides is 2.